The van der Waals surface area contributed by atoms with Gasteiger partial charge in [-0.05, 0) is 31.9 Å². The number of amides is 1. The first-order chi connectivity index (χ1) is 17.8. The molecule has 5 N–H and O–H groups in total. The maximum absolute atomic E-state index is 11.0. The van der Waals surface area contributed by atoms with Crippen LogP contribution in [0.3, 0.4) is 0 Å². The van der Waals surface area contributed by atoms with Crippen LogP contribution in [-0.2, 0) is 25.7 Å². The van der Waals surface area contributed by atoms with E-state index >= 15 is 0 Å². The lowest BCUT2D eigenvalue weighted by atomic mass is 10.2. The SMILES string of the molecule is CN(CCC=O)C(=O)/C=C\C=O.COCCCNc1nc(NCc2ccccc2)c(N)c(NC(C)C)n1. The quantitative estimate of drug-likeness (QED) is 0.159. The van der Waals surface area contributed by atoms with Crippen LogP contribution in [0, 0.1) is 0 Å². The van der Waals surface area contributed by atoms with Gasteiger partial charge in [0.05, 0.1) is 0 Å². The Labute approximate surface area is 218 Å². The van der Waals surface area contributed by atoms with Crippen molar-refractivity contribution in [2.24, 2.45) is 0 Å². The minimum absolute atomic E-state index is 0.223. The van der Waals surface area contributed by atoms with Crippen molar-refractivity contribution in [2.45, 2.75) is 39.3 Å². The van der Waals surface area contributed by atoms with Crippen molar-refractivity contribution in [1.29, 1.82) is 0 Å². The number of ether oxygens (including phenoxy) is 1. The first kappa shape index (κ1) is 31.0. The van der Waals surface area contributed by atoms with Crippen LogP contribution in [0.4, 0.5) is 23.3 Å². The highest BCUT2D eigenvalue weighted by Crippen LogP contribution is 2.26. The molecule has 1 aromatic heterocycles. The topological polar surface area (TPSA) is 152 Å². The van der Waals surface area contributed by atoms with E-state index in [2.05, 4.69) is 38.1 Å². The number of likely N-dealkylation sites (N-methyl/N-ethyl adjacent to an activating group) is 1. The standard InChI is InChI=1S/C18H28N6O.C8H11NO3/c1-13(2)22-17-15(19)16(21-12-14-8-5-4-6-9-14)23-18(24-17)20-10-7-11-25-3;1-9(5-3-7-11)8(12)4-2-6-10/h4-6,8-9,13H,7,10-12,19H2,1-3H3,(H3,20,21,22,23,24);2,4,6-7H,3,5H2,1H3/b;4-2-. The van der Waals surface area contributed by atoms with Gasteiger partial charge in [0.15, 0.2) is 11.6 Å². The van der Waals surface area contributed by atoms with Crippen LogP contribution in [-0.4, -0.2) is 73.2 Å². The zero-order valence-electron chi connectivity index (χ0n) is 22.1. The maximum atomic E-state index is 11.0. The Bertz CT molecular complexity index is 984. The Morgan fingerprint density at radius 1 is 1.14 bits per heavy atom. The molecule has 0 aliphatic heterocycles. The largest absolute Gasteiger partial charge is 0.393 e. The summed E-state index contributed by atoms with van der Waals surface area (Å²) in [6.07, 6.45) is 4.76. The number of nitrogen functional groups attached to an aromatic ring is 1. The van der Waals surface area contributed by atoms with E-state index in [-0.39, 0.29) is 11.9 Å². The summed E-state index contributed by atoms with van der Waals surface area (Å²) in [6, 6.07) is 10.3. The van der Waals surface area contributed by atoms with Crippen molar-refractivity contribution in [3.63, 3.8) is 0 Å². The lowest BCUT2D eigenvalue weighted by molar-refractivity contribution is -0.125. The molecule has 11 nitrogen and oxygen atoms in total. The summed E-state index contributed by atoms with van der Waals surface area (Å²) < 4.78 is 5.06. The molecule has 11 heteroatoms. The molecule has 1 aromatic carbocycles. The van der Waals surface area contributed by atoms with E-state index in [4.69, 9.17) is 10.5 Å². The first-order valence-corrected chi connectivity index (χ1v) is 12.1. The third-order valence-corrected chi connectivity index (χ3v) is 4.76. The molecule has 0 aliphatic rings. The van der Waals surface area contributed by atoms with E-state index in [1.165, 1.54) is 4.90 Å². The molecule has 37 heavy (non-hydrogen) atoms. The summed E-state index contributed by atoms with van der Waals surface area (Å²) in [4.78, 5) is 41.1. The van der Waals surface area contributed by atoms with E-state index in [1.54, 1.807) is 14.2 Å². The van der Waals surface area contributed by atoms with E-state index in [0.717, 1.165) is 37.0 Å². The maximum Gasteiger partial charge on any atom is 0.246 e. The Balaban J connectivity index is 0.000000482. The smallest absolute Gasteiger partial charge is 0.246 e. The zero-order valence-corrected chi connectivity index (χ0v) is 22.1. The fourth-order valence-corrected chi connectivity index (χ4v) is 2.87. The Morgan fingerprint density at radius 2 is 1.84 bits per heavy atom. The van der Waals surface area contributed by atoms with Crippen LogP contribution >= 0.6 is 0 Å². The lowest BCUT2D eigenvalue weighted by Crippen LogP contribution is -2.26. The number of anilines is 4. The van der Waals surface area contributed by atoms with E-state index in [0.29, 0.717) is 55.7 Å². The van der Waals surface area contributed by atoms with Crippen molar-refractivity contribution < 1.29 is 19.1 Å². The molecular weight excluding hydrogens is 474 g/mol. The van der Waals surface area contributed by atoms with Crippen LogP contribution < -0.4 is 21.7 Å². The highest BCUT2D eigenvalue weighted by atomic mass is 16.5. The molecule has 2 rings (SSSR count). The lowest BCUT2D eigenvalue weighted by Gasteiger charge is -2.17. The number of carbonyl (C=O) groups is 3. The second-order valence-corrected chi connectivity index (χ2v) is 8.28. The number of nitrogens with zero attached hydrogens (tertiary/aromatic N) is 3. The number of hydrogen-bond acceptors (Lipinski definition) is 10. The highest BCUT2D eigenvalue weighted by Gasteiger charge is 2.12. The summed E-state index contributed by atoms with van der Waals surface area (Å²) in [6.45, 7) is 6.54. The summed E-state index contributed by atoms with van der Waals surface area (Å²) >= 11 is 0. The van der Waals surface area contributed by atoms with Crippen LogP contribution in [0.25, 0.3) is 0 Å². The third kappa shape index (κ3) is 13.0. The molecule has 0 fully saturated rings. The molecule has 202 valence electrons. The van der Waals surface area contributed by atoms with Gasteiger partial charge >= 0.3 is 0 Å². The van der Waals surface area contributed by atoms with Gasteiger partial charge in [-0.2, -0.15) is 9.97 Å². The van der Waals surface area contributed by atoms with Gasteiger partial charge in [0.1, 0.15) is 18.3 Å². The summed E-state index contributed by atoms with van der Waals surface area (Å²) in [5.74, 6) is 1.53. The van der Waals surface area contributed by atoms with Gasteiger partial charge in [-0.1, -0.05) is 30.3 Å². The molecule has 1 heterocycles. The van der Waals surface area contributed by atoms with Crippen molar-refractivity contribution in [1.82, 2.24) is 14.9 Å². The van der Waals surface area contributed by atoms with E-state index in [9.17, 15) is 14.4 Å². The van der Waals surface area contributed by atoms with Gasteiger partial charge in [-0.25, -0.2) is 0 Å². The molecule has 0 radical (unpaired) electrons. The van der Waals surface area contributed by atoms with Gasteiger partial charge in [0, 0.05) is 58.9 Å². The first-order valence-electron chi connectivity index (χ1n) is 12.1. The second kappa shape index (κ2) is 18.3. The van der Waals surface area contributed by atoms with Crippen molar-refractivity contribution in [3.05, 3.63) is 48.0 Å². The van der Waals surface area contributed by atoms with E-state index < -0.39 is 0 Å². The molecule has 0 atom stereocenters. The Hall–Kier alpha value is -3.99. The summed E-state index contributed by atoms with van der Waals surface area (Å²) in [7, 11) is 3.26. The summed E-state index contributed by atoms with van der Waals surface area (Å²) in [5.41, 5.74) is 7.92. The Kier molecular flexibility index (Phi) is 15.4. The molecule has 0 saturated heterocycles. The predicted octanol–water partition coefficient (Wildman–Crippen LogP) is 2.73. The van der Waals surface area contributed by atoms with Gasteiger partial charge in [0.2, 0.25) is 11.9 Å². The van der Waals surface area contributed by atoms with Crippen LogP contribution in [0.15, 0.2) is 42.5 Å². The number of hydrogen-bond donors (Lipinski definition) is 4. The number of allylic oxidation sites excluding steroid dienone is 1. The number of carbonyl (C=O) groups excluding carboxylic acids is 3. The van der Waals surface area contributed by atoms with E-state index in [1.807, 2.05) is 32.0 Å². The van der Waals surface area contributed by atoms with Gasteiger partial charge in [-0.3, -0.25) is 9.59 Å². The minimum Gasteiger partial charge on any atom is -0.393 e. The molecule has 0 unspecified atom stereocenters. The number of aldehydes is 2. The normalized spacial score (nSPS) is 10.4. The summed E-state index contributed by atoms with van der Waals surface area (Å²) in [5, 5.41) is 9.80. The van der Waals surface area contributed by atoms with Crippen molar-refractivity contribution >= 4 is 41.8 Å². The molecular formula is C26H39N7O4. The predicted molar refractivity (Wildman–Crippen MR) is 147 cm³/mol. The average Bonchev–Trinajstić information content (AvgIpc) is 2.89. The number of rotatable bonds is 15. The molecule has 1 amide bonds. The molecule has 0 aliphatic carbocycles. The number of benzene rings is 1. The zero-order chi connectivity index (χ0) is 27.5. The average molecular weight is 514 g/mol. The van der Waals surface area contributed by atoms with Crippen molar-refractivity contribution in [2.75, 3.05) is 55.5 Å². The molecule has 0 saturated carbocycles. The second-order valence-electron chi connectivity index (χ2n) is 8.28. The molecule has 0 bridgehead atoms. The highest BCUT2D eigenvalue weighted by molar-refractivity contribution is 5.90. The van der Waals surface area contributed by atoms with Gasteiger partial charge < -0.3 is 36.1 Å². The van der Waals surface area contributed by atoms with Gasteiger partial charge in [0.25, 0.3) is 0 Å². The fourth-order valence-electron chi connectivity index (χ4n) is 2.87. The third-order valence-electron chi connectivity index (χ3n) is 4.76. The van der Waals surface area contributed by atoms with Crippen molar-refractivity contribution in [3.8, 4) is 0 Å². The monoisotopic (exact) mass is 513 g/mol. The molecule has 2 aromatic rings. The number of nitrogens with two attached hydrogens (primary N) is 1. The number of aromatic nitrogens is 2. The van der Waals surface area contributed by atoms with Crippen LogP contribution in [0.1, 0.15) is 32.3 Å². The fraction of sp³-hybridized carbons (Fsp3) is 0.423. The van der Waals surface area contributed by atoms with Crippen LogP contribution in [0.5, 0.6) is 0 Å². The van der Waals surface area contributed by atoms with Gasteiger partial charge in [-0.15, -0.1) is 0 Å². The number of nitrogens with one attached hydrogen (secondary N) is 3. The Morgan fingerprint density at radius 3 is 2.46 bits per heavy atom. The number of methoxy groups -OCH3 is 1. The van der Waals surface area contributed by atoms with Crippen LogP contribution in [0.2, 0.25) is 0 Å². The minimum atomic E-state index is -0.274. The molecule has 0 spiro atoms.